The fraction of sp³-hybridized carbons (Fsp3) is 0.222. The summed E-state index contributed by atoms with van der Waals surface area (Å²) in [5.74, 6) is -0.221. The van der Waals surface area contributed by atoms with Crippen LogP contribution in [0.4, 0.5) is 0 Å². The van der Waals surface area contributed by atoms with E-state index in [-0.39, 0.29) is 11.9 Å². The van der Waals surface area contributed by atoms with Crippen LogP contribution in [0.5, 0.6) is 0 Å². The van der Waals surface area contributed by atoms with Crippen LogP contribution >= 0.6 is 11.6 Å². The average Bonchev–Trinajstić information content (AvgIpc) is 3.24. The molecule has 0 bridgehead atoms. The molecule has 1 N–H and O–H groups in total. The summed E-state index contributed by atoms with van der Waals surface area (Å²) in [6, 6.07) is 11.9. The number of benzene rings is 1. The third-order valence-electron chi connectivity index (χ3n) is 3.95. The van der Waals surface area contributed by atoms with E-state index in [9.17, 15) is 4.79 Å². The van der Waals surface area contributed by atoms with E-state index in [0.29, 0.717) is 17.3 Å². The molecule has 1 unspecified atom stereocenters. The normalized spacial score (nSPS) is 12.1. The van der Waals surface area contributed by atoms with Crippen molar-refractivity contribution in [1.82, 2.24) is 19.7 Å². The van der Waals surface area contributed by atoms with E-state index < -0.39 is 0 Å². The SMILES string of the molecule is CCn1ncc(Cl)c1C(=O)NC(C)c1ccc(-n2cccc2)cc1. The maximum absolute atomic E-state index is 12.5. The van der Waals surface area contributed by atoms with Gasteiger partial charge in [-0.25, -0.2) is 0 Å². The fourth-order valence-electron chi connectivity index (χ4n) is 2.62. The maximum Gasteiger partial charge on any atom is 0.271 e. The Labute approximate surface area is 145 Å². The lowest BCUT2D eigenvalue weighted by Crippen LogP contribution is -2.29. The van der Waals surface area contributed by atoms with Crippen molar-refractivity contribution in [3.8, 4) is 5.69 Å². The van der Waals surface area contributed by atoms with Crippen LogP contribution < -0.4 is 5.32 Å². The third-order valence-corrected chi connectivity index (χ3v) is 4.23. The molecule has 3 aromatic rings. The van der Waals surface area contributed by atoms with Gasteiger partial charge in [-0.2, -0.15) is 5.10 Å². The number of nitrogens with one attached hydrogen (secondary N) is 1. The van der Waals surface area contributed by atoms with Gasteiger partial charge in [0, 0.05) is 24.6 Å². The molecular formula is C18H19ClN4O. The van der Waals surface area contributed by atoms with Gasteiger partial charge in [-0.1, -0.05) is 23.7 Å². The van der Waals surface area contributed by atoms with E-state index in [0.717, 1.165) is 11.3 Å². The predicted molar refractivity (Wildman–Crippen MR) is 94.6 cm³/mol. The zero-order chi connectivity index (χ0) is 17.1. The predicted octanol–water partition coefficient (Wildman–Crippen LogP) is 3.84. The van der Waals surface area contributed by atoms with Gasteiger partial charge in [0.05, 0.1) is 17.3 Å². The highest BCUT2D eigenvalue weighted by atomic mass is 35.5. The Kier molecular flexibility index (Phi) is 4.71. The van der Waals surface area contributed by atoms with Crippen molar-refractivity contribution in [2.24, 2.45) is 0 Å². The third kappa shape index (κ3) is 3.21. The second-order valence-electron chi connectivity index (χ2n) is 5.53. The van der Waals surface area contributed by atoms with Crippen LogP contribution in [0.1, 0.15) is 35.9 Å². The Bertz CT molecular complexity index is 821. The van der Waals surface area contributed by atoms with Crippen molar-refractivity contribution in [1.29, 1.82) is 0 Å². The Morgan fingerprint density at radius 1 is 1.25 bits per heavy atom. The van der Waals surface area contributed by atoms with E-state index >= 15 is 0 Å². The summed E-state index contributed by atoms with van der Waals surface area (Å²) < 4.78 is 3.63. The molecule has 3 rings (SSSR count). The number of halogens is 1. The highest BCUT2D eigenvalue weighted by Crippen LogP contribution is 2.19. The maximum atomic E-state index is 12.5. The van der Waals surface area contributed by atoms with Crippen molar-refractivity contribution in [2.75, 3.05) is 0 Å². The number of aromatic nitrogens is 3. The molecule has 0 spiro atoms. The molecular weight excluding hydrogens is 324 g/mol. The zero-order valence-electron chi connectivity index (χ0n) is 13.6. The summed E-state index contributed by atoms with van der Waals surface area (Å²) in [4.78, 5) is 12.5. The first-order valence-corrected chi connectivity index (χ1v) is 8.23. The largest absolute Gasteiger partial charge is 0.344 e. The molecule has 2 heterocycles. The van der Waals surface area contributed by atoms with Gasteiger partial charge in [0.15, 0.2) is 0 Å². The van der Waals surface area contributed by atoms with E-state index in [2.05, 4.69) is 10.4 Å². The van der Waals surface area contributed by atoms with Crippen LogP contribution in [0.15, 0.2) is 55.0 Å². The lowest BCUT2D eigenvalue weighted by molar-refractivity contribution is 0.0929. The van der Waals surface area contributed by atoms with Crippen molar-refractivity contribution < 1.29 is 4.79 Å². The van der Waals surface area contributed by atoms with Crippen molar-refractivity contribution in [3.63, 3.8) is 0 Å². The minimum Gasteiger partial charge on any atom is -0.344 e. The number of hydrogen-bond donors (Lipinski definition) is 1. The molecule has 0 saturated carbocycles. The number of hydrogen-bond acceptors (Lipinski definition) is 2. The monoisotopic (exact) mass is 342 g/mol. The first-order valence-electron chi connectivity index (χ1n) is 7.85. The van der Waals surface area contributed by atoms with Crippen molar-refractivity contribution >= 4 is 17.5 Å². The fourth-order valence-corrected chi connectivity index (χ4v) is 2.85. The summed E-state index contributed by atoms with van der Waals surface area (Å²) in [6.45, 7) is 4.46. The van der Waals surface area contributed by atoms with Gasteiger partial charge in [0.1, 0.15) is 5.69 Å². The number of nitrogens with zero attached hydrogens (tertiary/aromatic N) is 3. The molecule has 5 nitrogen and oxygen atoms in total. The number of amides is 1. The standard InChI is InChI=1S/C18H19ClN4O/c1-3-23-17(16(19)12-20-23)18(24)21-13(2)14-6-8-15(9-7-14)22-10-4-5-11-22/h4-13H,3H2,1-2H3,(H,21,24). The molecule has 24 heavy (non-hydrogen) atoms. The highest BCUT2D eigenvalue weighted by Gasteiger charge is 2.19. The van der Waals surface area contributed by atoms with Gasteiger partial charge in [-0.15, -0.1) is 0 Å². The zero-order valence-corrected chi connectivity index (χ0v) is 14.4. The minimum atomic E-state index is -0.221. The summed E-state index contributed by atoms with van der Waals surface area (Å²) in [5.41, 5.74) is 2.50. The smallest absolute Gasteiger partial charge is 0.271 e. The molecule has 124 valence electrons. The second kappa shape index (κ2) is 6.93. The quantitative estimate of drug-likeness (QED) is 0.766. The number of rotatable bonds is 5. The van der Waals surface area contributed by atoms with Gasteiger partial charge in [-0.3, -0.25) is 9.48 Å². The van der Waals surface area contributed by atoms with Gasteiger partial charge in [-0.05, 0) is 43.7 Å². The van der Waals surface area contributed by atoms with Crippen LogP contribution in [0, 0.1) is 0 Å². The van der Waals surface area contributed by atoms with Crippen molar-refractivity contribution in [2.45, 2.75) is 26.4 Å². The Morgan fingerprint density at radius 3 is 2.54 bits per heavy atom. The van der Waals surface area contributed by atoms with Gasteiger partial charge >= 0.3 is 0 Å². The minimum absolute atomic E-state index is 0.132. The number of carbonyl (C=O) groups is 1. The number of carbonyl (C=O) groups excluding carboxylic acids is 1. The van der Waals surface area contributed by atoms with Gasteiger partial charge in [0.2, 0.25) is 0 Å². The molecule has 1 atom stereocenters. The first-order chi connectivity index (χ1) is 11.6. The molecule has 6 heteroatoms. The molecule has 0 aliphatic carbocycles. The topological polar surface area (TPSA) is 51.9 Å². The van der Waals surface area contributed by atoms with E-state index in [1.54, 1.807) is 4.68 Å². The summed E-state index contributed by atoms with van der Waals surface area (Å²) in [7, 11) is 0. The van der Waals surface area contributed by atoms with Gasteiger partial charge < -0.3 is 9.88 Å². The van der Waals surface area contributed by atoms with Crippen LogP contribution in [-0.4, -0.2) is 20.3 Å². The van der Waals surface area contributed by atoms with Crippen LogP contribution in [-0.2, 0) is 6.54 Å². The van der Waals surface area contributed by atoms with Crippen LogP contribution in [0.2, 0.25) is 5.02 Å². The lowest BCUT2D eigenvalue weighted by Gasteiger charge is -2.16. The Balaban J connectivity index is 1.73. The molecule has 0 aliphatic rings. The molecule has 1 amide bonds. The van der Waals surface area contributed by atoms with Crippen LogP contribution in [0.3, 0.4) is 0 Å². The van der Waals surface area contributed by atoms with Gasteiger partial charge in [0.25, 0.3) is 5.91 Å². The molecule has 0 saturated heterocycles. The van der Waals surface area contributed by atoms with Crippen LogP contribution in [0.25, 0.3) is 5.69 Å². The molecule has 0 fully saturated rings. The lowest BCUT2D eigenvalue weighted by atomic mass is 10.1. The molecule has 0 aliphatic heterocycles. The molecule has 1 aromatic carbocycles. The Morgan fingerprint density at radius 2 is 1.92 bits per heavy atom. The average molecular weight is 343 g/mol. The van der Waals surface area contributed by atoms with E-state index in [4.69, 9.17) is 11.6 Å². The first kappa shape index (κ1) is 16.3. The van der Waals surface area contributed by atoms with Crippen molar-refractivity contribution in [3.05, 3.63) is 71.3 Å². The molecule has 0 radical (unpaired) electrons. The summed E-state index contributed by atoms with van der Waals surface area (Å²) in [5, 5.41) is 7.44. The number of aryl methyl sites for hydroxylation is 1. The highest BCUT2D eigenvalue weighted by molar-refractivity contribution is 6.33. The summed E-state index contributed by atoms with van der Waals surface area (Å²) in [6.07, 6.45) is 5.48. The second-order valence-corrected chi connectivity index (χ2v) is 5.94. The molecule has 2 aromatic heterocycles. The summed E-state index contributed by atoms with van der Waals surface area (Å²) >= 11 is 6.08. The van der Waals surface area contributed by atoms with E-state index in [1.165, 1.54) is 6.20 Å². The van der Waals surface area contributed by atoms with E-state index in [1.807, 2.05) is 67.2 Å². The Hall–Kier alpha value is -2.53.